The van der Waals surface area contributed by atoms with Crippen LogP contribution in [0, 0.1) is 11.2 Å². The fraction of sp³-hybridized carbons (Fsp3) is 0.450. The fourth-order valence-electron chi connectivity index (χ4n) is 3.76. The van der Waals surface area contributed by atoms with E-state index in [2.05, 4.69) is 10.1 Å². The minimum Gasteiger partial charge on any atom is -0.483 e. The molecule has 11 nitrogen and oxygen atoms in total. The molecule has 3 heterocycles. The van der Waals surface area contributed by atoms with Gasteiger partial charge in [-0.15, -0.1) is 0 Å². The molecule has 0 aromatic carbocycles. The number of nitrogens with zero attached hydrogens (tertiary/aromatic N) is 4. The average molecular weight is 449 g/mol. The molecule has 4 rings (SSSR count). The van der Waals surface area contributed by atoms with E-state index in [-0.39, 0.29) is 41.5 Å². The average Bonchev–Trinajstić information content (AvgIpc) is 3.53. The number of halogens is 1. The first-order chi connectivity index (χ1) is 15.2. The molecule has 1 aliphatic heterocycles. The highest BCUT2D eigenvalue weighted by atomic mass is 19.1. The molecule has 172 valence electrons. The SMILES string of the molecule is CO/N=C1/CN(c2nc3c(cc2F)c(=O)c(C(=O)O)cn3C2CC2)CC1(C)CN.O=CO. The summed E-state index contributed by atoms with van der Waals surface area (Å²) in [5.74, 6) is -1.96. The number of carboxylic acid groups (broad SMARTS) is 2. The summed E-state index contributed by atoms with van der Waals surface area (Å²) >= 11 is 0. The van der Waals surface area contributed by atoms with Gasteiger partial charge >= 0.3 is 5.97 Å². The van der Waals surface area contributed by atoms with Crippen LogP contribution in [0.4, 0.5) is 10.2 Å². The molecule has 4 N–H and O–H groups in total. The smallest absolute Gasteiger partial charge is 0.341 e. The summed E-state index contributed by atoms with van der Waals surface area (Å²) in [6.45, 7) is 2.65. The minimum absolute atomic E-state index is 0.0374. The summed E-state index contributed by atoms with van der Waals surface area (Å²) in [6, 6.07) is 1.14. The molecular formula is C20H24FN5O6. The highest BCUT2D eigenvalue weighted by Gasteiger charge is 2.41. The van der Waals surface area contributed by atoms with E-state index in [1.807, 2.05) is 6.92 Å². The molecule has 0 amide bonds. The highest BCUT2D eigenvalue weighted by molar-refractivity contribution is 5.97. The molecule has 0 bridgehead atoms. The van der Waals surface area contributed by atoms with E-state index in [1.54, 1.807) is 9.47 Å². The quantitative estimate of drug-likeness (QED) is 0.448. The van der Waals surface area contributed by atoms with Gasteiger partial charge in [0.1, 0.15) is 18.3 Å². The molecule has 0 radical (unpaired) electrons. The highest BCUT2D eigenvalue weighted by Crippen LogP contribution is 2.38. The Labute approximate surface area is 181 Å². The third-order valence-corrected chi connectivity index (χ3v) is 5.64. The Balaban J connectivity index is 0.000000913. The number of aromatic nitrogens is 2. The van der Waals surface area contributed by atoms with E-state index in [0.29, 0.717) is 18.8 Å². The molecule has 2 aromatic rings. The number of aromatic carboxylic acids is 1. The zero-order valence-corrected chi connectivity index (χ0v) is 17.6. The van der Waals surface area contributed by atoms with Crippen LogP contribution in [0.15, 0.2) is 22.2 Å². The Kier molecular flexibility index (Phi) is 6.44. The number of carbonyl (C=O) groups is 2. The second-order valence-corrected chi connectivity index (χ2v) is 7.93. The van der Waals surface area contributed by atoms with E-state index in [9.17, 15) is 19.1 Å². The van der Waals surface area contributed by atoms with Gasteiger partial charge in [-0.05, 0) is 18.9 Å². The van der Waals surface area contributed by atoms with Gasteiger partial charge in [-0.1, -0.05) is 12.1 Å². The molecule has 1 aliphatic carbocycles. The van der Waals surface area contributed by atoms with Crippen LogP contribution in [0.25, 0.3) is 11.0 Å². The predicted molar refractivity (Wildman–Crippen MR) is 114 cm³/mol. The van der Waals surface area contributed by atoms with Gasteiger partial charge in [0.15, 0.2) is 11.6 Å². The van der Waals surface area contributed by atoms with Crippen molar-refractivity contribution in [1.82, 2.24) is 9.55 Å². The van der Waals surface area contributed by atoms with Crippen LogP contribution in [0.2, 0.25) is 0 Å². The lowest BCUT2D eigenvalue weighted by atomic mass is 9.88. The molecule has 32 heavy (non-hydrogen) atoms. The van der Waals surface area contributed by atoms with Crippen molar-refractivity contribution in [1.29, 1.82) is 0 Å². The van der Waals surface area contributed by atoms with Gasteiger partial charge in [-0.3, -0.25) is 9.59 Å². The van der Waals surface area contributed by atoms with Crippen LogP contribution < -0.4 is 16.1 Å². The predicted octanol–water partition coefficient (Wildman–Crippen LogP) is 1.06. The summed E-state index contributed by atoms with van der Waals surface area (Å²) in [7, 11) is 1.44. The summed E-state index contributed by atoms with van der Waals surface area (Å²) < 4.78 is 16.7. The van der Waals surface area contributed by atoms with Crippen LogP contribution >= 0.6 is 0 Å². The number of hydrogen-bond donors (Lipinski definition) is 3. The molecule has 2 fully saturated rings. The van der Waals surface area contributed by atoms with Crippen molar-refractivity contribution < 1.29 is 29.0 Å². The molecule has 2 aliphatic rings. The first-order valence-corrected chi connectivity index (χ1v) is 9.82. The minimum atomic E-state index is -1.34. The number of carboxylic acids is 1. The Bertz CT molecular complexity index is 1150. The van der Waals surface area contributed by atoms with Gasteiger partial charge < -0.3 is 30.3 Å². The molecule has 1 saturated heterocycles. The molecule has 2 aromatic heterocycles. The molecule has 1 atom stereocenters. The van der Waals surface area contributed by atoms with Crippen LogP contribution in [-0.2, 0) is 9.63 Å². The van der Waals surface area contributed by atoms with Gasteiger partial charge in [0, 0.05) is 30.7 Å². The van der Waals surface area contributed by atoms with E-state index in [0.717, 1.165) is 18.9 Å². The van der Waals surface area contributed by atoms with Gasteiger partial charge in [-0.2, -0.15) is 0 Å². The maximum absolute atomic E-state index is 15.0. The Hall–Kier alpha value is -3.54. The van der Waals surface area contributed by atoms with Crippen LogP contribution in [0.1, 0.15) is 36.2 Å². The number of hydrogen-bond acceptors (Lipinski definition) is 8. The van der Waals surface area contributed by atoms with Crippen molar-refractivity contribution in [3.05, 3.63) is 33.9 Å². The lowest BCUT2D eigenvalue weighted by Gasteiger charge is -2.23. The molecule has 1 saturated carbocycles. The number of oxime groups is 1. The molecule has 1 unspecified atom stereocenters. The number of pyridine rings is 2. The maximum Gasteiger partial charge on any atom is 0.341 e. The van der Waals surface area contributed by atoms with E-state index in [4.69, 9.17) is 20.5 Å². The van der Waals surface area contributed by atoms with Crippen molar-refractivity contribution in [3.63, 3.8) is 0 Å². The van der Waals surface area contributed by atoms with Crippen molar-refractivity contribution in [2.75, 3.05) is 31.6 Å². The van der Waals surface area contributed by atoms with Gasteiger partial charge in [-0.25, -0.2) is 14.2 Å². The maximum atomic E-state index is 15.0. The first-order valence-electron chi connectivity index (χ1n) is 9.82. The summed E-state index contributed by atoms with van der Waals surface area (Å²) in [4.78, 5) is 43.5. The number of nitrogens with two attached hydrogens (primary N) is 1. The summed E-state index contributed by atoms with van der Waals surface area (Å²) in [5.41, 5.74) is 5.26. The largest absolute Gasteiger partial charge is 0.483 e. The third-order valence-electron chi connectivity index (χ3n) is 5.64. The van der Waals surface area contributed by atoms with Crippen molar-refractivity contribution in [3.8, 4) is 0 Å². The topological polar surface area (TPSA) is 160 Å². The van der Waals surface area contributed by atoms with E-state index >= 15 is 0 Å². The standard InChI is InChI=1S/C19H22FN5O4.CH2O2/c1-19(8-21)9-24(7-14(19)23-29-2)17-13(20)5-11-15(26)12(18(27)28)6-25(10-3-4-10)16(11)22-17;2-1-3/h5-6,10H,3-4,7-9,21H2,1-2H3,(H,27,28);1H,(H,2,3)/b23-14-;. The summed E-state index contributed by atoms with van der Waals surface area (Å²) in [6.07, 6.45) is 3.02. The van der Waals surface area contributed by atoms with Gasteiger partial charge in [0.05, 0.1) is 17.6 Å². The number of rotatable bonds is 5. The zero-order chi connectivity index (χ0) is 23.6. The zero-order valence-electron chi connectivity index (χ0n) is 17.6. The number of fused-ring (bicyclic) bond motifs is 1. The van der Waals surface area contributed by atoms with Gasteiger partial charge in [0.25, 0.3) is 6.47 Å². The lowest BCUT2D eigenvalue weighted by molar-refractivity contribution is -0.122. The van der Waals surface area contributed by atoms with Crippen LogP contribution in [0.5, 0.6) is 0 Å². The van der Waals surface area contributed by atoms with Crippen molar-refractivity contribution in [2.45, 2.75) is 25.8 Å². The second kappa shape index (κ2) is 8.91. The Morgan fingerprint density at radius 3 is 2.69 bits per heavy atom. The van der Waals surface area contributed by atoms with Crippen LogP contribution in [0.3, 0.4) is 0 Å². The second-order valence-electron chi connectivity index (χ2n) is 7.93. The lowest BCUT2D eigenvalue weighted by Crippen LogP contribution is -2.36. The molecule has 0 spiro atoms. The fourth-order valence-corrected chi connectivity index (χ4v) is 3.76. The Morgan fingerprint density at radius 1 is 1.50 bits per heavy atom. The van der Waals surface area contributed by atoms with Crippen molar-refractivity contribution >= 4 is 35.0 Å². The molecule has 12 heteroatoms. The summed E-state index contributed by atoms with van der Waals surface area (Å²) in [5, 5.41) is 20.2. The Morgan fingerprint density at radius 2 is 2.16 bits per heavy atom. The normalized spacial score (nSPS) is 21.4. The molecular weight excluding hydrogens is 425 g/mol. The third kappa shape index (κ3) is 4.13. The van der Waals surface area contributed by atoms with Gasteiger partial charge in [0.2, 0.25) is 5.43 Å². The van der Waals surface area contributed by atoms with E-state index in [1.165, 1.54) is 13.3 Å². The van der Waals surface area contributed by atoms with E-state index < -0.39 is 22.6 Å². The van der Waals surface area contributed by atoms with Crippen LogP contribution in [-0.4, -0.2) is 64.7 Å². The number of anilines is 1. The monoisotopic (exact) mass is 449 g/mol. The van der Waals surface area contributed by atoms with Crippen molar-refractivity contribution in [2.24, 2.45) is 16.3 Å². The first kappa shape index (κ1) is 23.1.